The summed E-state index contributed by atoms with van der Waals surface area (Å²) in [4.78, 5) is 21.5. The lowest BCUT2D eigenvalue weighted by molar-refractivity contribution is -0.132. The number of benzene rings is 1. The van der Waals surface area contributed by atoms with Gasteiger partial charge in [-0.3, -0.25) is 4.79 Å². The standard InChI is InChI=1S/C12H12O5/c1-8(13)17-10-6-4-3-5-9(10)11(16-2)7-12(14)15/h3-7H,1-2H3,(H,14,15)/b11-7-. The number of carboxylic acid groups (broad SMARTS) is 1. The molecule has 0 amide bonds. The first-order valence-corrected chi connectivity index (χ1v) is 4.81. The number of rotatable bonds is 4. The molecule has 1 rings (SSSR count). The zero-order chi connectivity index (χ0) is 12.8. The van der Waals surface area contributed by atoms with Crippen molar-refractivity contribution in [3.63, 3.8) is 0 Å². The maximum atomic E-state index is 10.9. The Labute approximate surface area is 98.3 Å². The summed E-state index contributed by atoms with van der Waals surface area (Å²) in [6.45, 7) is 1.27. The van der Waals surface area contributed by atoms with Gasteiger partial charge >= 0.3 is 11.9 Å². The van der Waals surface area contributed by atoms with Crippen molar-refractivity contribution in [3.8, 4) is 5.75 Å². The van der Waals surface area contributed by atoms with E-state index in [0.717, 1.165) is 6.08 Å². The van der Waals surface area contributed by atoms with Crippen molar-refractivity contribution in [2.75, 3.05) is 7.11 Å². The quantitative estimate of drug-likeness (QED) is 0.372. The van der Waals surface area contributed by atoms with Crippen LogP contribution in [0.15, 0.2) is 30.3 Å². The highest BCUT2D eigenvalue weighted by Crippen LogP contribution is 2.26. The third kappa shape index (κ3) is 3.64. The predicted molar refractivity (Wildman–Crippen MR) is 60.4 cm³/mol. The highest BCUT2D eigenvalue weighted by molar-refractivity contribution is 5.89. The summed E-state index contributed by atoms with van der Waals surface area (Å²) in [6, 6.07) is 6.54. The van der Waals surface area contributed by atoms with Crippen molar-refractivity contribution in [1.82, 2.24) is 0 Å². The van der Waals surface area contributed by atoms with Crippen molar-refractivity contribution in [3.05, 3.63) is 35.9 Å². The summed E-state index contributed by atoms with van der Waals surface area (Å²) in [7, 11) is 1.35. The molecule has 0 aliphatic carbocycles. The van der Waals surface area contributed by atoms with Gasteiger partial charge in [-0.1, -0.05) is 12.1 Å². The van der Waals surface area contributed by atoms with Gasteiger partial charge in [0.05, 0.1) is 18.7 Å². The first-order chi connectivity index (χ1) is 8.04. The minimum absolute atomic E-state index is 0.120. The van der Waals surface area contributed by atoms with Crippen LogP contribution >= 0.6 is 0 Å². The third-order valence-electron chi connectivity index (χ3n) is 1.88. The van der Waals surface area contributed by atoms with E-state index in [1.165, 1.54) is 14.0 Å². The number of aliphatic carboxylic acids is 1. The molecule has 0 bridgehead atoms. The van der Waals surface area contributed by atoms with E-state index in [1.807, 2.05) is 0 Å². The van der Waals surface area contributed by atoms with Gasteiger partial charge in [-0.25, -0.2) is 4.79 Å². The molecule has 0 atom stereocenters. The summed E-state index contributed by atoms with van der Waals surface area (Å²) < 4.78 is 9.92. The van der Waals surface area contributed by atoms with Crippen LogP contribution in [-0.2, 0) is 14.3 Å². The first kappa shape index (κ1) is 12.8. The molecule has 0 saturated heterocycles. The molecule has 0 aliphatic heterocycles. The topological polar surface area (TPSA) is 72.8 Å². The van der Waals surface area contributed by atoms with E-state index in [4.69, 9.17) is 14.6 Å². The number of hydrogen-bond acceptors (Lipinski definition) is 4. The molecule has 1 aromatic rings. The highest BCUT2D eigenvalue weighted by Gasteiger charge is 2.11. The summed E-state index contributed by atoms with van der Waals surface area (Å²) in [5.41, 5.74) is 0.410. The Morgan fingerprint density at radius 1 is 1.29 bits per heavy atom. The normalized spacial score (nSPS) is 10.8. The molecule has 0 unspecified atom stereocenters. The first-order valence-electron chi connectivity index (χ1n) is 4.81. The van der Waals surface area contributed by atoms with Crippen LogP contribution in [-0.4, -0.2) is 24.2 Å². The van der Waals surface area contributed by atoms with Crippen LogP contribution in [0.4, 0.5) is 0 Å². The molecular formula is C12H12O5. The number of para-hydroxylation sites is 1. The Morgan fingerprint density at radius 2 is 1.94 bits per heavy atom. The van der Waals surface area contributed by atoms with Crippen LogP contribution in [0.1, 0.15) is 12.5 Å². The van der Waals surface area contributed by atoms with E-state index in [0.29, 0.717) is 5.56 Å². The smallest absolute Gasteiger partial charge is 0.332 e. The van der Waals surface area contributed by atoms with E-state index in [-0.39, 0.29) is 11.5 Å². The molecule has 0 aliphatic rings. The highest BCUT2D eigenvalue weighted by atomic mass is 16.5. The molecule has 17 heavy (non-hydrogen) atoms. The molecule has 0 spiro atoms. The fraction of sp³-hybridized carbons (Fsp3) is 0.167. The molecule has 5 nitrogen and oxygen atoms in total. The molecule has 1 N–H and O–H groups in total. The minimum atomic E-state index is -1.14. The van der Waals surface area contributed by atoms with Crippen LogP contribution in [0.25, 0.3) is 5.76 Å². The van der Waals surface area contributed by atoms with Gasteiger partial charge in [-0.15, -0.1) is 0 Å². The Balaban J connectivity index is 3.19. The predicted octanol–water partition coefficient (Wildman–Crippen LogP) is 1.68. The average Bonchev–Trinajstić information content (AvgIpc) is 2.26. The zero-order valence-corrected chi connectivity index (χ0v) is 9.47. The lowest BCUT2D eigenvalue weighted by atomic mass is 10.1. The van der Waals surface area contributed by atoms with E-state index >= 15 is 0 Å². The Morgan fingerprint density at radius 3 is 2.47 bits per heavy atom. The molecule has 5 heteroatoms. The largest absolute Gasteiger partial charge is 0.496 e. The molecule has 1 aromatic carbocycles. The number of ether oxygens (including phenoxy) is 2. The van der Waals surface area contributed by atoms with Crippen molar-refractivity contribution >= 4 is 17.7 Å². The summed E-state index contributed by atoms with van der Waals surface area (Å²) in [5.74, 6) is -1.24. The van der Waals surface area contributed by atoms with E-state index in [9.17, 15) is 9.59 Å². The maximum Gasteiger partial charge on any atom is 0.332 e. The molecule has 0 radical (unpaired) electrons. The fourth-order valence-electron chi connectivity index (χ4n) is 1.27. The van der Waals surface area contributed by atoms with Crippen LogP contribution in [0.2, 0.25) is 0 Å². The molecule has 0 heterocycles. The average molecular weight is 236 g/mol. The SMILES string of the molecule is CO/C(=C\C(=O)O)c1ccccc1OC(C)=O. The Hall–Kier alpha value is -2.30. The van der Waals surface area contributed by atoms with Gasteiger partial charge < -0.3 is 14.6 Å². The summed E-state index contributed by atoms with van der Waals surface area (Å²) in [5, 5.41) is 8.68. The van der Waals surface area contributed by atoms with Crippen molar-refractivity contribution in [2.45, 2.75) is 6.92 Å². The number of carbonyl (C=O) groups excluding carboxylic acids is 1. The Kier molecular flexibility index (Phi) is 4.28. The van der Waals surface area contributed by atoms with Crippen LogP contribution in [0.5, 0.6) is 5.75 Å². The zero-order valence-electron chi connectivity index (χ0n) is 9.47. The number of hydrogen-bond donors (Lipinski definition) is 1. The number of methoxy groups -OCH3 is 1. The van der Waals surface area contributed by atoms with Gasteiger partial charge in [0.1, 0.15) is 11.5 Å². The van der Waals surface area contributed by atoms with Crippen molar-refractivity contribution < 1.29 is 24.2 Å². The van der Waals surface area contributed by atoms with Crippen LogP contribution < -0.4 is 4.74 Å². The van der Waals surface area contributed by atoms with Gasteiger partial charge in [0, 0.05) is 6.92 Å². The number of carbonyl (C=O) groups is 2. The van der Waals surface area contributed by atoms with Gasteiger partial charge in [0.25, 0.3) is 0 Å². The molecule has 0 aromatic heterocycles. The van der Waals surface area contributed by atoms with E-state index < -0.39 is 11.9 Å². The Bertz CT molecular complexity index is 462. The second-order valence-corrected chi connectivity index (χ2v) is 3.14. The van der Waals surface area contributed by atoms with Crippen molar-refractivity contribution in [2.24, 2.45) is 0 Å². The summed E-state index contributed by atoms with van der Waals surface area (Å²) in [6.07, 6.45) is 0.905. The number of carboxylic acids is 1. The molecule has 0 saturated carbocycles. The number of esters is 1. The maximum absolute atomic E-state index is 10.9. The second kappa shape index (κ2) is 5.69. The second-order valence-electron chi connectivity index (χ2n) is 3.14. The van der Waals surface area contributed by atoms with E-state index in [1.54, 1.807) is 24.3 Å². The van der Waals surface area contributed by atoms with E-state index in [2.05, 4.69) is 0 Å². The molecular weight excluding hydrogens is 224 g/mol. The monoisotopic (exact) mass is 236 g/mol. The molecule has 0 fully saturated rings. The summed E-state index contributed by atoms with van der Waals surface area (Å²) >= 11 is 0. The van der Waals surface area contributed by atoms with Crippen LogP contribution in [0, 0.1) is 0 Å². The van der Waals surface area contributed by atoms with Gasteiger partial charge in [0.15, 0.2) is 0 Å². The minimum Gasteiger partial charge on any atom is -0.496 e. The fourth-order valence-corrected chi connectivity index (χ4v) is 1.27. The lowest BCUT2D eigenvalue weighted by Crippen LogP contribution is -2.04. The van der Waals surface area contributed by atoms with Gasteiger partial charge in [-0.05, 0) is 12.1 Å². The molecule has 90 valence electrons. The van der Waals surface area contributed by atoms with Gasteiger partial charge in [-0.2, -0.15) is 0 Å². The van der Waals surface area contributed by atoms with Crippen molar-refractivity contribution in [1.29, 1.82) is 0 Å². The van der Waals surface area contributed by atoms with Crippen LogP contribution in [0.3, 0.4) is 0 Å². The third-order valence-corrected chi connectivity index (χ3v) is 1.88. The van der Waals surface area contributed by atoms with Gasteiger partial charge in [0.2, 0.25) is 0 Å². The lowest BCUT2D eigenvalue weighted by Gasteiger charge is -2.10.